The van der Waals surface area contributed by atoms with E-state index >= 15 is 0 Å². The van der Waals surface area contributed by atoms with Crippen LogP contribution < -0.4 is 5.73 Å². The van der Waals surface area contributed by atoms with E-state index in [1.165, 1.54) is 24.0 Å². The second-order valence-corrected chi connectivity index (χ2v) is 3.22. The average molecular weight is 147 g/mol. The fourth-order valence-corrected chi connectivity index (χ4v) is 1.34. The van der Waals surface area contributed by atoms with Crippen molar-refractivity contribution < 1.29 is 0 Å². The van der Waals surface area contributed by atoms with E-state index in [1.807, 2.05) is 0 Å². The van der Waals surface area contributed by atoms with Gasteiger partial charge in [0.15, 0.2) is 0 Å². The van der Waals surface area contributed by atoms with Crippen LogP contribution in [0.15, 0.2) is 24.3 Å². The van der Waals surface area contributed by atoms with E-state index in [0.29, 0.717) is 6.54 Å². The Morgan fingerprint density at radius 1 is 1.18 bits per heavy atom. The minimum absolute atomic E-state index is 0.658. The van der Waals surface area contributed by atoms with Gasteiger partial charge in [-0.15, -0.1) is 0 Å². The maximum atomic E-state index is 5.49. The number of hydrogen-bond donors (Lipinski definition) is 1. The fourth-order valence-electron chi connectivity index (χ4n) is 1.34. The fraction of sp³-hybridized carbons (Fsp3) is 0.400. The van der Waals surface area contributed by atoms with Crippen molar-refractivity contribution >= 4 is 0 Å². The molecule has 0 saturated heterocycles. The van der Waals surface area contributed by atoms with Crippen LogP contribution in [0.5, 0.6) is 0 Å². The maximum absolute atomic E-state index is 5.49. The van der Waals surface area contributed by atoms with Gasteiger partial charge in [0.2, 0.25) is 0 Å². The van der Waals surface area contributed by atoms with Crippen molar-refractivity contribution in [3.05, 3.63) is 35.4 Å². The highest BCUT2D eigenvalue weighted by molar-refractivity contribution is 5.27. The molecule has 1 heteroatoms. The zero-order chi connectivity index (χ0) is 7.68. The average Bonchev–Trinajstić information content (AvgIpc) is 2.87. The van der Waals surface area contributed by atoms with Crippen molar-refractivity contribution in [2.45, 2.75) is 25.3 Å². The number of benzene rings is 1. The summed E-state index contributed by atoms with van der Waals surface area (Å²) in [4.78, 5) is 0. The Morgan fingerprint density at radius 2 is 1.82 bits per heavy atom. The van der Waals surface area contributed by atoms with Crippen LogP contribution in [0.4, 0.5) is 0 Å². The maximum Gasteiger partial charge on any atom is 0.0178 e. The molecule has 1 nitrogen and oxygen atoms in total. The Kier molecular flexibility index (Phi) is 1.66. The van der Waals surface area contributed by atoms with Gasteiger partial charge in [-0.1, -0.05) is 24.3 Å². The van der Waals surface area contributed by atoms with Crippen LogP contribution in [-0.2, 0) is 6.54 Å². The van der Waals surface area contributed by atoms with Gasteiger partial charge in [-0.3, -0.25) is 0 Å². The quantitative estimate of drug-likeness (QED) is 0.680. The lowest BCUT2D eigenvalue weighted by atomic mass is 10.1. The van der Waals surface area contributed by atoms with Crippen molar-refractivity contribution in [2.75, 3.05) is 0 Å². The van der Waals surface area contributed by atoms with Crippen molar-refractivity contribution in [3.63, 3.8) is 0 Å². The number of hydrogen-bond acceptors (Lipinski definition) is 1. The van der Waals surface area contributed by atoms with Gasteiger partial charge in [0.05, 0.1) is 0 Å². The lowest BCUT2D eigenvalue weighted by Crippen LogP contribution is -1.95. The molecule has 0 heterocycles. The molecule has 11 heavy (non-hydrogen) atoms. The van der Waals surface area contributed by atoms with Gasteiger partial charge in [0.1, 0.15) is 0 Å². The minimum Gasteiger partial charge on any atom is -0.326 e. The summed E-state index contributed by atoms with van der Waals surface area (Å²) in [7, 11) is 0. The SMILES string of the molecule is NCc1ccc(C2CC2)cc1. The zero-order valence-electron chi connectivity index (χ0n) is 6.59. The Bertz CT molecular complexity index is 234. The molecule has 0 aliphatic heterocycles. The molecule has 1 aliphatic rings. The van der Waals surface area contributed by atoms with E-state index in [2.05, 4.69) is 24.3 Å². The third kappa shape index (κ3) is 1.43. The van der Waals surface area contributed by atoms with E-state index in [1.54, 1.807) is 0 Å². The smallest absolute Gasteiger partial charge is 0.0178 e. The van der Waals surface area contributed by atoms with Crippen LogP contribution in [0.3, 0.4) is 0 Å². The Hall–Kier alpha value is -0.820. The molecule has 0 amide bonds. The van der Waals surface area contributed by atoms with Crippen molar-refractivity contribution in [1.29, 1.82) is 0 Å². The predicted molar refractivity (Wildman–Crippen MR) is 46.3 cm³/mol. The summed E-state index contributed by atoms with van der Waals surface area (Å²) in [5.41, 5.74) is 8.21. The topological polar surface area (TPSA) is 26.0 Å². The van der Waals surface area contributed by atoms with Gasteiger partial charge < -0.3 is 5.73 Å². The highest BCUT2D eigenvalue weighted by atomic mass is 14.5. The van der Waals surface area contributed by atoms with Gasteiger partial charge in [0.25, 0.3) is 0 Å². The summed E-state index contributed by atoms with van der Waals surface area (Å²) in [5.74, 6) is 0.863. The molecular formula is C10H13N. The van der Waals surface area contributed by atoms with E-state index in [0.717, 1.165) is 5.92 Å². The first-order chi connectivity index (χ1) is 5.40. The van der Waals surface area contributed by atoms with E-state index in [-0.39, 0.29) is 0 Å². The van der Waals surface area contributed by atoms with Crippen LogP contribution in [0.1, 0.15) is 29.9 Å². The van der Waals surface area contributed by atoms with Crippen LogP contribution in [0.2, 0.25) is 0 Å². The van der Waals surface area contributed by atoms with Crippen molar-refractivity contribution in [2.24, 2.45) is 5.73 Å². The third-order valence-corrected chi connectivity index (χ3v) is 2.26. The second kappa shape index (κ2) is 2.67. The summed E-state index contributed by atoms with van der Waals surface area (Å²) in [6, 6.07) is 8.68. The predicted octanol–water partition coefficient (Wildman–Crippen LogP) is 2.02. The Labute approximate surface area is 67.2 Å². The molecule has 0 unspecified atom stereocenters. The molecule has 0 spiro atoms. The van der Waals surface area contributed by atoms with Gasteiger partial charge in [-0.25, -0.2) is 0 Å². The first-order valence-corrected chi connectivity index (χ1v) is 4.19. The van der Waals surface area contributed by atoms with Gasteiger partial charge in [0, 0.05) is 6.54 Å². The summed E-state index contributed by atoms with van der Waals surface area (Å²) in [6.07, 6.45) is 2.75. The van der Waals surface area contributed by atoms with Crippen LogP contribution in [-0.4, -0.2) is 0 Å². The van der Waals surface area contributed by atoms with E-state index in [4.69, 9.17) is 5.73 Å². The summed E-state index contributed by atoms with van der Waals surface area (Å²) in [6.45, 7) is 0.658. The molecule has 1 aromatic carbocycles. The normalized spacial score (nSPS) is 16.8. The lowest BCUT2D eigenvalue weighted by molar-refractivity contribution is 1.05. The number of rotatable bonds is 2. The van der Waals surface area contributed by atoms with Crippen molar-refractivity contribution in [1.82, 2.24) is 0 Å². The first-order valence-electron chi connectivity index (χ1n) is 4.19. The summed E-state index contributed by atoms with van der Waals surface area (Å²) in [5, 5.41) is 0. The molecule has 1 saturated carbocycles. The molecular weight excluding hydrogens is 134 g/mol. The van der Waals surface area contributed by atoms with Gasteiger partial charge in [-0.2, -0.15) is 0 Å². The molecule has 0 atom stereocenters. The number of nitrogens with two attached hydrogens (primary N) is 1. The van der Waals surface area contributed by atoms with E-state index in [9.17, 15) is 0 Å². The minimum atomic E-state index is 0.658. The van der Waals surface area contributed by atoms with Crippen LogP contribution in [0.25, 0.3) is 0 Å². The second-order valence-electron chi connectivity index (χ2n) is 3.22. The molecule has 1 fully saturated rings. The third-order valence-electron chi connectivity index (χ3n) is 2.26. The van der Waals surface area contributed by atoms with E-state index < -0.39 is 0 Å². The molecule has 58 valence electrons. The largest absolute Gasteiger partial charge is 0.326 e. The summed E-state index contributed by atoms with van der Waals surface area (Å²) < 4.78 is 0. The van der Waals surface area contributed by atoms with Crippen LogP contribution in [0, 0.1) is 0 Å². The highest BCUT2D eigenvalue weighted by Gasteiger charge is 2.22. The molecule has 0 radical (unpaired) electrons. The van der Waals surface area contributed by atoms with Gasteiger partial charge >= 0.3 is 0 Å². The zero-order valence-corrected chi connectivity index (χ0v) is 6.59. The molecule has 2 N–H and O–H groups in total. The molecule has 0 aromatic heterocycles. The molecule has 1 aliphatic carbocycles. The first kappa shape index (κ1) is 6.86. The molecule has 1 aromatic rings. The Morgan fingerprint density at radius 3 is 2.27 bits per heavy atom. The molecule has 0 bridgehead atoms. The highest BCUT2D eigenvalue weighted by Crippen LogP contribution is 2.39. The summed E-state index contributed by atoms with van der Waals surface area (Å²) >= 11 is 0. The van der Waals surface area contributed by atoms with Crippen LogP contribution >= 0.6 is 0 Å². The standard InChI is InChI=1S/C10H13N/c11-7-8-1-3-9(4-2-8)10-5-6-10/h1-4,10H,5-7,11H2. The molecule has 2 rings (SSSR count). The van der Waals surface area contributed by atoms with Crippen molar-refractivity contribution in [3.8, 4) is 0 Å². The Balaban J connectivity index is 2.19. The monoisotopic (exact) mass is 147 g/mol. The van der Waals surface area contributed by atoms with Gasteiger partial charge in [-0.05, 0) is 29.9 Å². The lowest BCUT2D eigenvalue weighted by Gasteiger charge is -1.98.